The lowest BCUT2D eigenvalue weighted by Gasteiger charge is -2.30. The standard InChI is InChI=1S/C19H23ClN4/c20-17-12-18(23-19(22-17)14-8-9-14)21-13-15-6-2-3-7-16(15)24-10-4-1-5-11-24/h2-3,6-7,12,14H,1,4-5,8-11,13H2,(H,21,22,23). The van der Waals surface area contributed by atoms with E-state index in [9.17, 15) is 0 Å². The summed E-state index contributed by atoms with van der Waals surface area (Å²) in [5.41, 5.74) is 2.65. The Morgan fingerprint density at radius 3 is 2.67 bits per heavy atom. The van der Waals surface area contributed by atoms with Crippen molar-refractivity contribution in [3.8, 4) is 0 Å². The van der Waals surface area contributed by atoms with E-state index in [1.807, 2.05) is 6.07 Å². The average molecular weight is 343 g/mol. The summed E-state index contributed by atoms with van der Waals surface area (Å²) in [6.45, 7) is 3.06. The minimum Gasteiger partial charge on any atom is -0.371 e. The van der Waals surface area contributed by atoms with Crippen LogP contribution in [0.3, 0.4) is 0 Å². The van der Waals surface area contributed by atoms with Gasteiger partial charge in [-0.15, -0.1) is 0 Å². The molecule has 0 spiro atoms. The molecular weight excluding hydrogens is 320 g/mol. The molecule has 4 rings (SSSR count). The van der Waals surface area contributed by atoms with E-state index >= 15 is 0 Å². The van der Waals surface area contributed by atoms with E-state index in [0.717, 1.165) is 31.3 Å². The summed E-state index contributed by atoms with van der Waals surface area (Å²) in [4.78, 5) is 11.5. The quantitative estimate of drug-likeness (QED) is 0.805. The molecular formula is C19H23ClN4. The number of benzene rings is 1. The highest BCUT2D eigenvalue weighted by Gasteiger charge is 2.27. The Kier molecular flexibility index (Phi) is 4.56. The van der Waals surface area contributed by atoms with E-state index in [-0.39, 0.29) is 0 Å². The first-order valence-corrected chi connectivity index (χ1v) is 9.28. The number of nitrogens with zero attached hydrogens (tertiary/aromatic N) is 3. The van der Waals surface area contributed by atoms with Crippen molar-refractivity contribution in [1.82, 2.24) is 9.97 Å². The van der Waals surface area contributed by atoms with Crippen LogP contribution in [0.1, 0.15) is 49.4 Å². The summed E-state index contributed by atoms with van der Waals surface area (Å²) in [6, 6.07) is 10.5. The summed E-state index contributed by atoms with van der Waals surface area (Å²) >= 11 is 6.16. The van der Waals surface area contributed by atoms with E-state index < -0.39 is 0 Å². The highest BCUT2D eigenvalue weighted by molar-refractivity contribution is 6.29. The van der Waals surface area contributed by atoms with Crippen LogP contribution >= 0.6 is 11.6 Å². The number of piperidine rings is 1. The molecule has 24 heavy (non-hydrogen) atoms. The largest absolute Gasteiger partial charge is 0.371 e. The first-order chi connectivity index (χ1) is 11.8. The summed E-state index contributed by atoms with van der Waals surface area (Å²) < 4.78 is 0. The van der Waals surface area contributed by atoms with Crippen molar-refractivity contribution in [2.45, 2.75) is 44.6 Å². The van der Waals surface area contributed by atoms with Gasteiger partial charge in [-0.3, -0.25) is 0 Å². The summed E-state index contributed by atoms with van der Waals surface area (Å²) in [7, 11) is 0. The molecule has 1 saturated heterocycles. The van der Waals surface area contributed by atoms with Crippen molar-refractivity contribution < 1.29 is 0 Å². The van der Waals surface area contributed by atoms with Crippen molar-refractivity contribution in [3.05, 3.63) is 46.9 Å². The molecule has 0 bridgehead atoms. The third kappa shape index (κ3) is 3.64. The van der Waals surface area contributed by atoms with Crippen LogP contribution < -0.4 is 10.2 Å². The third-order valence-electron chi connectivity index (χ3n) is 4.80. The molecule has 1 aliphatic heterocycles. The maximum absolute atomic E-state index is 6.16. The first-order valence-electron chi connectivity index (χ1n) is 8.91. The highest BCUT2D eigenvalue weighted by Crippen LogP contribution is 2.38. The molecule has 0 atom stereocenters. The zero-order valence-corrected chi connectivity index (χ0v) is 14.6. The number of aromatic nitrogens is 2. The number of nitrogens with one attached hydrogen (secondary N) is 1. The molecule has 0 amide bonds. The van der Waals surface area contributed by atoms with Crippen molar-refractivity contribution in [3.63, 3.8) is 0 Å². The number of rotatable bonds is 5. The van der Waals surface area contributed by atoms with Gasteiger partial charge in [0.05, 0.1) is 0 Å². The molecule has 5 heteroatoms. The topological polar surface area (TPSA) is 41.0 Å². The highest BCUT2D eigenvalue weighted by atomic mass is 35.5. The van der Waals surface area contributed by atoms with Gasteiger partial charge in [0.15, 0.2) is 0 Å². The zero-order valence-electron chi connectivity index (χ0n) is 13.8. The second-order valence-corrected chi connectivity index (χ2v) is 7.13. The van der Waals surface area contributed by atoms with Crippen molar-refractivity contribution in [2.24, 2.45) is 0 Å². The van der Waals surface area contributed by atoms with Crippen LogP contribution in [-0.2, 0) is 6.54 Å². The fraction of sp³-hybridized carbons (Fsp3) is 0.474. The van der Waals surface area contributed by atoms with Crippen LogP contribution in [-0.4, -0.2) is 23.1 Å². The molecule has 1 saturated carbocycles. The van der Waals surface area contributed by atoms with Gasteiger partial charge in [-0.25, -0.2) is 9.97 Å². The van der Waals surface area contributed by atoms with Gasteiger partial charge in [0.25, 0.3) is 0 Å². The van der Waals surface area contributed by atoms with E-state index in [1.54, 1.807) is 0 Å². The van der Waals surface area contributed by atoms with Crippen LogP contribution in [0.15, 0.2) is 30.3 Å². The zero-order chi connectivity index (χ0) is 16.4. The van der Waals surface area contributed by atoms with Crippen LogP contribution in [0.4, 0.5) is 11.5 Å². The van der Waals surface area contributed by atoms with Crippen LogP contribution in [0, 0.1) is 0 Å². The fourth-order valence-corrected chi connectivity index (χ4v) is 3.53. The van der Waals surface area contributed by atoms with E-state index in [4.69, 9.17) is 11.6 Å². The van der Waals surface area contributed by atoms with Gasteiger partial charge in [-0.1, -0.05) is 29.8 Å². The molecule has 1 aliphatic carbocycles. The molecule has 1 aromatic heterocycles. The van der Waals surface area contributed by atoms with Gasteiger partial charge < -0.3 is 10.2 Å². The Labute approximate surface area is 148 Å². The Bertz CT molecular complexity index is 708. The number of anilines is 2. The van der Waals surface area contributed by atoms with Crippen LogP contribution in [0.5, 0.6) is 0 Å². The van der Waals surface area contributed by atoms with Gasteiger partial charge in [-0.05, 0) is 43.7 Å². The molecule has 2 fully saturated rings. The first kappa shape index (κ1) is 15.7. The van der Waals surface area contributed by atoms with E-state index in [1.165, 1.54) is 43.4 Å². The lowest BCUT2D eigenvalue weighted by Crippen LogP contribution is -2.30. The second kappa shape index (κ2) is 6.98. The maximum Gasteiger partial charge on any atom is 0.135 e. The van der Waals surface area contributed by atoms with E-state index in [2.05, 4.69) is 44.5 Å². The molecule has 2 heterocycles. The molecule has 2 aromatic rings. The third-order valence-corrected chi connectivity index (χ3v) is 5.00. The van der Waals surface area contributed by atoms with Crippen molar-refractivity contribution in [1.29, 1.82) is 0 Å². The predicted octanol–water partition coefficient (Wildman–Crippen LogP) is 4.61. The molecule has 0 unspecified atom stereocenters. The Morgan fingerprint density at radius 2 is 1.88 bits per heavy atom. The maximum atomic E-state index is 6.16. The molecule has 1 aromatic carbocycles. The molecule has 0 radical (unpaired) electrons. The summed E-state index contributed by atoms with van der Waals surface area (Å²) in [5.74, 6) is 2.21. The predicted molar refractivity (Wildman–Crippen MR) is 98.8 cm³/mol. The lowest BCUT2D eigenvalue weighted by atomic mass is 10.1. The summed E-state index contributed by atoms with van der Waals surface area (Å²) in [6.07, 6.45) is 6.28. The smallest absolute Gasteiger partial charge is 0.135 e. The number of halogens is 1. The van der Waals surface area contributed by atoms with Crippen molar-refractivity contribution >= 4 is 23.1 Å². The summed E-state index contributed by atoms with van der Waals surface area (Å²) in [5, 5.41) is 3.97. The lowest BCUT2D eigenvalue weighted by molar-refractivity contribution is 0.576. The number of para-hydroxylation sites is 1. The van der Waals surface area contributed by atoms with Gasteiger partial charge in [0.1, 0.15) is 16.8 Å². The number of hydrogen-bond acceptors (Lipinski definition) is 4. The Balaban J connectivity index is 1.49. The minimum absolute atomic E-state index is 0.505. The van der Waals surface area contributed by atoms with Crippen LogP contribution in [0.25, 0.3) is 0 Å². The van der Waals surface area contributed by atoms with Gasteiger partial charge in [-0.2, -0.15) is 0 Å². The Morgan fingerprint density at radius 1 is 1.08 bits per heavy atom. The fourth-order valence-electron chi connectivity index (χ4n) is 3.34. The SMILES string of the molecule is Clc1cc(NCc2ccccc2N2CCCCC2)nc(C2CC2)n1. The van der Waals surface area contributed by atoms with Gasteiger partial charge in [0, 0.05) is 37.3 Å². The Hall–Kier alpha value is -1.81. The molecule has 126 valence electrons. The van der Waals surface area contributed by atoms with Crippen molar-refractivity contribution in [2.75, 3.05) is 23.3 Å². The normalized spacial score (nSPS) is 17.8. The minimum atomic E-state index is 0.505. The average Bonchev–Trinajstić information content (AvgIpc) is 3.46. The molecule has 4 nitrogen and oxygen atoms in total. The monoisotopic (exact) mass is 342 g/mol. The van der Waals surface area contributed by atoms with Gasteiger partial charge in [0.2, 0.25) is 0 Å². The molecule has 1 N–H and O–H groups in total. The molecule has 2 aliphatic rings. The number of hydrogen-bond donors (Lipinski definition) is 1. The van der Waals surface area contributed by atoms with Crippen LogP contribution in [0.2, 0.25) is 5.15 Å². The van der Waals surface area contributed by atoms with E-state index in [0.29, 0.717) is 11.1 Å². The second-order valence-electron chi connectivity index (χ2n) is 6.74. The van der Waals surface area contributed by atoms with Gasteiger partial charge >= 0.3 is 0 Å².